The van der Waals surface area contributed by atoms with Crippen LogP contribution in [0.15, 0.2) is 30.3 Å². The number of hydrogen-bond donors (Lipinski definition) is 1. The summed E-state index contributed by atoms with van der Waals surface area (Å²) in [7, 11) is 0. The Balaban J connectivity index is 1.95. The highest BCUT2D eigenvalue weighted by Crippen LogP contribution is 2.29. The van der Waals surface area contributed by atoms with E-state index >= 15 is 0 Å². The molecule has 1 aromatic carbocycles. The Morgan fingerprint density at radius 2 is 1.82 bits per heavy atom. The van der Waals surface area contributed by atoms with Crippen molar-refractivity contribution in [2.75, 3.05) is 18.0 Å². The molecule has 1 fully saturated rings. The van der Waals surface area contributed by atoms with Gasteiger partial charge in [0.05, 0.1) is 0 Å². The summed E-state index contributed by atoms with van der Waals surface area (Å²) in [5.41, 5.74) is 1.07. The SMILES string of the molecule is Clc1[nH]c(-c2ccccc2)nc1N1CCCC1. The molecule has 88 valence electrons. The molecule has 1 aliphatic rings. The molecule has 0 spiro atoms. The predicted octanol–water partition coefficient (Wildman–Crippen LogP) is 3.33. The topological polar surface area (TPSA) is 31.9 Å². The number of H-pyrrole nitrogens is 1. The van der Waals surface area contributed by atoms with Crippen molar-refractivity contribution in [3.05, 3.63) is 35.5 Å². The highest BCUT2D eigenvalue weighted by atomic mass is 35.5. The zero-order valence-corrected chi connectivity index (χ0v) is 10.2. The zero-order chi connectivity index (χ0) is 11.7. The summed E-state index contributed by atoms with van der Waals surface area (Å²) in [6.45, 7) is 2.11. The van der Waals surface area contributed by atoms with Crippen LogP contribution >= 0.6 is 11.6 Å². The molecule has 0 aliphatic carbocycles. The molecule has 1 aliphatic heterocycles. The third-order valence-electron chi connectivity index (χ3n) is 3.09. The average molecular weight is 248 g/mol. The van der Waals surface area contributed by atoms with Crippen LogP contribution in [0, 0.1) is 0 Å². The van der Waals surface area contributed by atoms with Gasteiger partial charge in [0.1, 0.15) is 5.82 Å². The quantitative estimate of drug-likeness (QED) is 0.883. The van der Waals surface area contributed by atoms with Gasteiger partial charge in [-0.3, -0.25) is 0 Å². The van der Waals surface area contributed by atoms with Crippen LogP contribution in [0.25, 0.3) is 11.4 Å². The lowest BCUT2D eigenvalue weighted by Crippen LogP contribution is -2.18. The van der Waals surface area contributed by atoms with Crippen LogP contribution in [0.2, 0.25) is 5.15 Å². The van der Waals surface area contributed by atoms with Gasteiger partial charge in [-0.1, -0.05) is 41.9 Å². The zero-order valence-electron chi connectivity index (χ0n) is 9.49. The van der Waals surface area contributed by atoms with E-state index in [1.165, 1.54) is 12.8 Å². The summed E-state index contributed by atoms with van der Waals surface area (Å²) in [4.78, 5) is 9.99. The van der Waals surface area contributed by atoms with Crippen molar-refractivity contribution in [2.45, 2.75) is 12.8 Å². The maximum atomic E-state index is 6.22. The molecule has 1 saturated heterocycles. The van der Waals surface area contributed by atoms with Crippen LogP contribution < -0.4 is 4.90 Å². The minimum atomic E-state index is 0.644. The van der Waals surface area contributed by atoms with Crippen molar-refractivity contribution < 1.29 is 0 Å². The number of nitrogens with one attached hydrogen (secondary N) is 1. The Bertz CT molecular complexity index is 501. The monoisotopic (exact) mass is 247 g/mol. The number of anilines is 1. The Kier molecular flexibility index (Phi) is 2.77. The van der Waals surface area contributed by atoms with Gasteiger partial charge in [0.15, 0.2) is 11.0 Å². The van der Waals surface area contributed by atoms with Crippen molar-refractivity contribution in [3.63, 3.8) is 0 Å². The second kappa shape index (κ2) is 4.41. The van der Waals surface area contributed by atoms with E-state index in [1.54, 1.807) is 0 Å². The maximum absolute atomic E-state index is 6.22. The number of nitrogens with zero attached hydrogens (tertiary/aromatic N) is 2. The standard InChI is InChI=1S/C13H14ClN3/c14-11-13(17-8-4-5-9-17)16-12(15-11)10-6-2-1-3-7-10/h1-3,6-7H,4-5,8-9H2,(H,15,16). The van der Waals surface area contributed by atoms with E-state index in [4.69, 9.17) is 11.6 Å². The van der Waals surface area contributed by atoms with Gasteiger partial charge < -0.3 is 9.88 Å². The summed E-state index contributed by atoms with van der Waals surface area (Å²) in [5, 5.41) is 0.644. The second-order valence-corrected chi connectivity index (χ2v) is 4.66. The van der Waals surface area contributed by atoms with Crippen LogP contribution in [0.5, 0.6) is 0 Å². The van der Waals surface area contributed by atoms with Crippen molar-refractivity contribution >= 4 is 17.4 Å². The summed E-state index contributed by atoms with van der Waals surface area (Å²) in [6, 6.07) is 10.1. The molecule has 2 aromatic rings. The van der Waals surface area contributed by atoms with Gasteiger partial charge in [0, 0.05) is 18.7 Å². The van der Waals surface area contributed by atoms with Crippen molar-refractivity contribution in [1.29, 1.82) is 0 Å². The largest absolute Gasteiger partial charge is 0.354 e. The molecule has 0 radical (unpaired) electrons. The summed E-state index contributed by atoms with van der Waals surface area (Å²) < 4.78 is 0. The summed E-state index contributed by atoms with van der Waals surface area (Å²) >= 11 is 6.22. The maximum Gasteiger partial charge on any atom is 0.166 e. The molecule has 3 nitrogen and oxygen atoms in total. The molecule has 4 heteroatoms. The molecule has 3 rings (SSSR count). The van der Waals surface area contributed by atoms with Crippen molar-refractivity contribution in [2.24, 2.45) is 0 Å². The van der Waals surface area contributed by atoms with Gasteiger partial charge in [-0.05, 0) is 12.8 Å². The van der Waals surface area contributed by atoms with E-state index in [-0.39, 0.29) is 0 Å². The minimum Gasteiger partial charge on any atom is -0.354 e. The first kappa shape index (κ1) is 10.7. The fourth-order valence-electron chi connectivity index (χ4n) is 2.21. The Morgan fingerprint density at radius 3 is 2.53 bits per heavy atom. The van der Waals surface area contributed by atoms with E-state index < -0.39 is 0 Å². The molecule has 0 amide bonds. The van der Waals surface area contributed by atoms with E-state index in [2.05, 4.69) is 14.9 Å². The number of imidazole rings is 1. The lowest BCUT2D eigenvalue weighted by molar-refractivity contribution is 0.947. The first-order valence-corrected chi connectivity index (χ1v) is 6.28. The van der Waals surface area contributed by atoms with Gasteiger partial charge in [-0.25, -0.2) is 4.98 Å². The predicted molar refractivity (Wildman–Crippen MR) is 70.5 cm³/mol. The van der Waals surface area contributed by atoms with Crippen molar-refractivity contribution in [1.82, 2.24) is 9.97 Å². The van der Waals surface area contributed by atoms with Crippen LogP contribution in [-0.2, 0) is 0 Å². The van der Waals surface area contributed by atoms with Gasteiger partial charge in [0.2, 0.25) is 0 Å². The first-order valence-electron chi connectivity index (χ1n) is 5.90. The molecule has 0 saturated carbocycles. The number of aromatic amines is 1. The average Bonchev–Trinajstić information content (AvgIpc) is 2.99. The van der Waals surface area contributed by atoms with Gasteiger partial charge in [-0.2, -0.15) is 0 Å². The Labute approximate surface area is 105 Å². The fourth-order valence-corrected chi connectivity index (χ4v) is 2.47. The van der Waals surface area contributed by atoms with E-state index in [9.17, 15) is 0 Å². The van der Waals surface area contributed by atoms with Crippen LogP contribution in [-0.4, -0.2) is 23.1 Å². The third kappa shape index (κ3) is 2.03. The number of benzene rings is 1. The normalized spacial score (nSPS) is 15.5. The Morgan fingerprint density at radius 1 is 1.12 bits per heavy atom. The summed E-state index contributed by atoms with van der Waals surface area (Å²) in [6.07, 6.45) is 2.45. The van der Waals surface area contributed by atoms with E-state index in [1.807, 2.05) is 30.3 Å². The van der Waals surface area contributed by atoms with Crippen LogP contribution in [0.3, 0.4) is 0 Å². The third-order valence-corrected chi connectivity index (χ3v) is 3.36. The molecule has 1 aromatic heterocycles. The fraction of sp³-hybridized carbons (Fsp3) is 0.308. The van der Waals surface area contributed by atoms with Gasteiger partial charge in [-0.15, -0.1) is 0 Å². The second-order valence-electron chi connectivity index (χ2n) is 4.28. The molecular weight excluding hydrogens is 234 g/mol. The van der Waals surface area contributed by atoms with Gasteiger partial charge >= 0.3 is 0 Å². The first-order chi connectivity index (χ1) is 8.34. The molecule has 0 unspecified atom stereocenters. The Hall–Kier alpha value is -1.48. The minimum absolute atomic E-state index is 0.644. The van der Waals surface area contributed by atoms with Crippen LogP contribution in [0.4, 0.5) is 5.82 Å². The molecule has 2 heterocycles. The molecule has 0 atom stereocenters. The smallest absolute Gasteiger partial charge is 0.166 e. The van der Waals surface area contributed by atoms with Crippen LogP contribution in [0.1, 0.15) is 12.8 Å². The number of halogens is 1. The highest BCUT2D eigenvalue weighted by molar-refractivity contribution is 6.32. The molecule has 17 heavy (non-hydrogen) atoms. The van der Waals surface area contributed by atoms with Crippen molar-refractivity contribution in [3.8, 4) is 11.4 Å². The lowest BCUT2D eigenvalue weighted by Gasteiger charge is -2.13. The molecule has 1 N–H and O–H groups in total. The highest BCUT2D eigenvalue weighted by Gasteiger charge is 2.19. The van der Waals surface area contributed by atoms with E-state index in [0.29, 0.717) is 5.15 Å². The number of aromatic nitrogens is 2. The number of rotatable bonds is 2. The molecule has 0 bridgehead atoms. The van der Waals surface area contributed by atoms with E-state index in [0.717, 1.165) is 30.3 Å². The summed E-state index contributed by atoms with van der Waals surface area (Å²) in [5.74, 6) is 1.74. The number of hydrogen-bond acceptors (Lipinski definition) is 2. The lowest BCUT2D eigenvalue weighted by atomic mass is 10.2. The molecular formula is C13H14ClN3. The van der Waals surface area contributed by atoms with Gasteiger partial charge in [0.25, 0.3) is 0 Å².